The summed E-state index contributed by atoms with van der Waals surface area (Å²) in [6.07, 6.45) is 1.02. The number of rotatable bonds is 3. The van der Waals surface area contributed by atoms with E-state index < -0.39 is 5.69 Å². The lowest BCUT2D eigenvalue weighted by molar-refractivity contribution is 0.981. The third-order valence-corrected chi connectivity index (χ3v) is 2.35. The van der Waals surface area contributed by atoms with E-state index >= 15 is 0 Å². The maximum atomic E-state index is 11.2. The van der Waals surface area contributed by atoms with Crippen molar-refractivity contribution in [3.05, 3.63) is 28.7 Å². The van der Waals surface area contributed by atoms with Crippen LogP contribution in [0.5, 0.6) is 0 Å². The highest BCUT2D eigenvalue weighted by Crippen LogP contribution is 2.24. The van der Waals surface area contributed by atoms with E-state index in [1.807, 2.05) is 18.2 Å². The van der Waals surface area contributed by atoms with Gasteiger partial charge in [-0.1, -0.05) is 13.0 Å². The first-order chi connectivity index (χ1) is 7.72. The van der Waals surface area contributed by atoms with E-state index in [9.17, 15) is 4.79 Å². The van der Waals surface area contributed by atoms with E-state index in [-0.39, 0.29) is 5.82 Å². The van der Waals surface area contributed by atoms with Gasteiger partial charge in [0.25, 0.3) is 0 Å². The summed E-state index contributed by atoms with van der Waals surface area (Å²) in [4.78, 5) is 17.5. The first-order valence-corrected chi connectivity index (χ1v) is 5.24. The first-order valence-electron chi connectivity index (χ1n) is 5.24. The van der Waals surface area contributed by atoms with Crippen molar-refractivity contribution >= 4 is 22.4 Å². The van der Waals surface area contributed by atoms with Gasteiger partial charge in [0, 0.05) is 12.2 Å². The molecule has 0 amide bonds. The molecule has 0 saturated heterocycles. The lowest BCUT2D eigenvalue weighted by atomic mass is 10.2. The fraction of sp³-hybridized carbons (Fsp3) is 0.273. The van der Waals surface area contributed by atoms with Gasteiger partial charge < -0.3 is 16.0 Å². The van der Waals surface area contributed by atoms with Crippen LogP contribution >= 0.6 is 0 Å². The molecular formula is C11H14N4O. The lowest BCUT2D eigenvalue weighted by Gasteiger charge is -2.09. The topological polar surface area (TPSA) is 83.8 Å². The predicted octanol–water partition coefficient (Wildman–Crippen LogP) is 1.33. The van der Waals surface area contributed by atoms with E-state index in [4.69, 9.17) is 5.73 Å². The number of benzene rings is 1. The van der Waals surface area contributed by atoms with Gasteiger partial charge in [0.05, 0.1) is 10.9 Å². The molecule has 2 aromatic rings. The van der Waals surface area contributed by atoms with Gasteiger partial charge in [-0.3, -0.25) is 0 Å². The standard InChI is InChI=1S/C11H14N4O/c1-2-6-13-7-4-3-5-8-9(7)10(12)15-11(16)14-8/h3-5,13H,2,6H2,1H3,(H3,12,14,15,16). The second-order valence-corrected chi connectivity index (χ2v) is 3.58. The van der Waals surface area contributed by atoms with E-state index in [1.54, 1.807) is 0 Å². The fourth-order valence-electron chi connectivity index (χ4n) is 1.65. The van der Waals surface area contributed by atoms with Crippen LogP contribution in [0.1, 0.15) is 13.3 Å². The summed E-state index contributed by atoms with van der Waals surface area (Å²) in [5.74, 6) is 0.262. The smallest absolute Gasteiger partial charge is 0.347 e. The molecule has 0 aliphatic heterocycles. The van der Waals surface area contributed by atoms with Crippen LogP contribution in [-0.2, 0) is 0 Å². The third kappa shape index (κ3) is 1.84. The largest absolute Gasteiger partial charge is 0.384 e. The minimum absolute atomic E-state index is 0.262. The minimum Gasteiger partial charge on any atom is -0.384 e. The second-order valence-electron chi connectivity index (χ2n) is 3.58. The summed E-state index contributed by atoms with van der Waals surface area (Å²) >= 11 is 0. The zero-order valence-electron chi connectivity index (χ0n) is 9.08. The Hall–Kier alpha value is -2.04. The van der Waals surface area contributed by atoms with Crippen LogP contribution in [0.15, 0.2) is 23.0 Å². The molecule has 5 nitrogen and oxygen atoms in total. The number of nitrogens with zero attached hydrogens (tertiary/aromatic N) is 1. The highest BCUT2D eigenvalue weighted by Gasteiger charge is 2.06. The van der Waals surface area contributed by atoms with Crippen molar-refractivity contribution in [2.24, 2.45) is 0 Å². The molecule has 0 fully saturated rings. The molecule has 0 aliphatic carbocycles. The average Bonchev–Trinajstić information content (AvgIpc) is 2.25. The van der Waals surface area contributed by atoms with E-state index in [1.165, 1.54) is 0 Å². The van der Waals surface area contributed by atoms with Crippen molar-refractivity contribution in [1.29, 1.82) is 0 Å². The number of aromatic nitrogens is 2. The summed E-state index contributed by atoms with van der Waals surface area (Å²) in [6.45, 7) is 2.94. The molecule has 1 aromatic heterocycles. The average molecular weight is 218 g/mol. The molecule has 0 atom stereocenters. The zero-order valence-corrected chi connectivity index (χ0v) is 9.08. The normalized spacial score (nSPS) is 10.6. The van der Waals surface area contributed by atoms with E-state index in [0.717, 1.165) is 24.0 Å². The Bertz CT molecular complexity index is 561. The Balaban J connectivity index is 2.62. The van der Waals surface area contributed by atoms with Crippen LogP contribution in [-0.4, -0.2) is 16.5 Å². The number of nitrogens with one attached hydrogen (secondary N) is 2. The summed E-state index contributed by atoms with van der Waals surface area (Å²) in [7, 11) is 0. The number of fused-ring (bicyclic) bond motifs is 1. The Morgan fingerprint density at radius 1 is 1.50 bits per heavy atom. The van der Waals surface area contributed by atoms with Crippen molar-refractivity contribution in [1.82, 2.24) is 9.97 Å². The second kappa shape index (κ2) is 4.22. The van der Waals surface area contributed by atoms with Gasteiger partial charge >= 0.3 is 5.69 Å². The highest BCUT2D eigenvalue weighted by atomic mass is 16.1. The highest BCUT2D eigenvalue weighted by molar-refractivity contribution is 5.98. The Morgan fingerprint density at radius 3 is 3.06 bits per heavy atom. The minimum atomic E-state index is -0.419. The van der Waals surface area contributed by atoms with Crippen LogP contribution in [0.2, 0.25) is 0 Å². The molecule has 1 heterocycles. The number of hydrogen-bond acceptors (Lipinski definition) is 4. The number of H-pyrrole nitrogens is 1. The molecule has 0 radical (unpaired) electrons. The molecule has 0 spiro atoms. The molecule has 1 aromatic carbocycles. The summed E-state index contributed by atoms with van der Waals surface area (Å²) < 4.78 is 0. The van der Waals surface area contributed by atoms with Gasteiger partial charge in [0.1, 0.15) is 5.82 Å². The molecular weight excluding hydrogens is 204 g/mol. The summed E-state index contributed by atoms with van der Waals surface area (Å²) in [5.41, 5.74) is 6.95. The lowest BCUT2D eigenvalue weighted by Crippen LogP contribution is -2.13. The number of aromatic amines is 1. The molecule has 0 unspecified atom stereocenters. The van der Waals surface area contributed by atoms with E-state index in [0.29, 0.717) is 5.52 Å². The Morgan fingerprint density at radius 2 is 2.31 bits per heavy atom. The quantitative estimate of drug-likeness (QED) is 0.725. The van der Waals surface area contributed by atoms with Crippen molar-refractivity contribution < 1.29 is 0 Å². The van der Waals surface area contributed by atoms with Crippen molar-refractivity contribution in [2.75, 3.05) is 17.6 Å². The van der Waals surface area contributed by atoms with Crippen LogP contribution in [0, 0.1) is 0 Å². The van der Waals surface area contributed by atoms with Gasteiger partial charge in [-0.25, -0.2) is 4.79 Å². The Kier molecular flexibility index (Phi) is 2.76. The predicted molar refractivity (Wildman–Crippen MR) is 65.6 cm³/mol. The molecule has 84 valence electrons. The van der Waals surface area contributed by atoms with Crippen molar-refractivity contribution in [3.63, 3.8) is 0 Å². The monoisotopic (exact) mass is 218 g/mol. The fourth-order valence-corrected chi connectivity index (χ4v) is 1.65. The molecule has 0 aliphatic rings. The van der Waals surface area contributed by atoms with Gasteiger partial charge in [0.2, 0.25) is 0 Å². The molecule has 16 heavy (non-hydrogen) atoms. The van der Waals surface area contributed by atoms with Crippen molar-refractivity contribution in [2.45, 2.75) is 13.3 Å². The number of hydrogen-bond donors (Lipinski definition) is 3. The number of anilines is 2. The van der Waals surface area contributed by atoms with Crippen LogP contribution in [0.4, 0.5) is 11.5 Å². The first kappa shape index (κ1) is 10.5. The molecule has 4 N–H and O–H groups in total. The molecule has 2 rings (SSSR count). The Labute approximate surface area is 92.7 Å². The van der Waals surface area contributed by atoms with Crippen LogP contribution in [0.3, 0.4) is 0 Å². The molecule has 0 saturated carbocycles. The molecule has 5 heteroatoms. The van der Waals surface area contributed by atoms with Crippen LogP contribution in [0.25, 0.3) is 10.9 Å². The van der Waals surface area contributed by atoms with E-state index in [2.05, 4.69) is 22.2 Å². The number of nitrogen functional groups attached to an aromatic ring is 1. The van der Waals surface area contributed by atoms with Gasteiger partial charge in [-0.05, 0) is 18.6 Å². The summed E-state index contributed by atoms with van der Waals surface area (Å²) in [6, 6.07) is 5.61. The van der Waals surface area contributed by atoms with Gasteiger partial charge in [-0.2, -0.15) is 4.98 Å². The van der Waals surface area contributed by atoms with Crippen LogP contribution < -0.4 is 16.7 Å². The third-order valence-electron chi connectivity index (χ3n) is 2.35. The SMILES string of the molecule is CCCNc1cccc2[nH]c(=O)nc(N)c12. The maximum absolute atomic E-state index is 11.2. The number of nitrogens with two attached hydrogens (primary N) is 1. The van der Waals surface area contributed by atoms with Gasteiger partial charge in [-0.15, -0.1) is 0 Å². The van der Waals surface area contributed by atoms with Crippen molar-refractivity contribution in [3.8, 4) is 0 Å². The summed E-state index contributed by atoms with van der Waals surface area (Å²) in [5, 5.41) is 4.03. The molecule has 0 bridgehead atoms. The van der Waals surface area contributed by atoms with Gasteiger partial charge in [0.15, 0.2) is 0 Å². The maximum Gasteiger partial charge on any atom is 0.347 e. The zero-order chi connectivity index (χ0) is 11.5.